The van der Waals surface area contributed by atoms with E-state index in [0.29, 0.717) is 11.1 Å². The average molecular weight is 413 g/mol. The van der Waals surface area contributed by atoms with Crippen LogP contribution in [0.3, 0.4) is 0 Å². The minimum atomic E-state index is -0.939. The van der Waals surface area contributed by atoms with Crippen LogP contribution >= 0.6 is 0 Å². The summed E-state index contributed by atoms with van der Waals surface area (Å²) in [5.74, 6) is -2.10. The van der Waals surface area contributed by atoms with Crippen molar-refractivity contribution >= 4 is 29.2 Å². The molecule has 0 spiro atoms. The minimum Gasteiger partial charge on any atom is -0.454 e. The Labute approximate surface area is 173 Å². The maximum Gasteiger partial charge on any atom is 0.329 e. The van der Waals surface area contributed by atoms with Crippen molar-refractivity contribution < 1.29 is 24.0 Å². The van der Waals surface area contributed by atoms with Crippen molar-refractivity contribution in [3.05, 3.63) is 69.8 Å². The Balaban J connectivity index is 1.95. The summed E-state index contributed by atoms with van der Waals surface area (Å²) in [5.41, 5.74) is 0.937. The minimum absolute atomic E-state index is 0.131. The number of nitro groups is 1. The smallest absolute Gasteiger partial charge is 0.329 e. The molecule has 2 N–H and O–H groups in total. The van der Waals surface area contributed by atoms with Gasteiger partial charge in [0.05, 0.1) is 4.92 Å². The Bertz CT molecular complexity index is 943. The van der Waals surface area contributed by atoms with Crippen molar-refractivity contribution in [2.75, 3.05) is 11.9 Å². The molecule has 0 aliphatic heterocycles. The highest BCUT2D eigenvalue weighted by Gasteiger charge is 2.26. The first-order valence-corrected chi connectivity index (χ1v) is 9.26. The lowest BCUT2D eigenvalue weighted by Crippen LogP contribution is -2.45. The molecule has 0 aromatic heterocycles. The molecule has 0 saturated heterocycles. The van der Waals surface area contributed by atoms with Gasteiger partial charge in [0.15, 0.2) is 6.61 Å². The molecule has 2 aromatic carbocycles. The zero-order valence-electron chi connectivity index (χ0n) is 16.9. The van der Waals surface area contributed by atoms with Crippen LogP contribution in [0.5, 0.6) is 0 Å². The first-order valence-electron chi connectivity index (χ1n) is 9.26. The molecule has 1 atom stereocenters. The number of nitrogens with zero attached hydrogens (tertiary/aromatic N) is 1. The van der Waals surface area contributed by atoms with Gasteiger partial charge in [0, 0.05) is 22.9 Å². The topological polar surface area (TPSA) is 128 Å². The van der Waals surface area contributed by atoms with Gasteiger partial charge in [0.25, 0.3) is 17.5 Å². The second kappa shape index (κ2) is 10.1. The Hall–Kier alpha value is -3.75. The van der Waals surface area contributed by atoms with E-state index in [2.05, 4.69) is 10.6 Å². The van der Waals surface area contributed by atoms with E-state index in [1.807, 2.05) is 0 Å². The summed E-state index contributed by atoms with van der Waals surface area (Å²) in [6.45, 7) is 4.47. The second-order valence-corrected chi connectivity index (χ2v) is 6.98. The average Bonchev–Trinajstić information content (AvgIpc) is 2.71. The molecule has 9 nitrogen and oxygen atoms in total. The summed E-state index contributed by atoms with van der Waals surface area (Å²) in [6, 6.07) is 11.7. The van der Waals surface area contributed by atoms with E-state index in [1.165, 1.54) is 18.2 Å². The van der Waals surface area contributed by atoms with Crippen molar-refractivity contribution in [3.8, 4) is 0 Å². The molecule has 0 fully saturated rings. The number of rotatable bonds is 8. The van der Waals surface area contributed by atoms with E-state index in [4.69, 9.17) is 4.74 Å². The third kappa shape index (κ3) is 6.13. The lowest BCUT2D eigenvalue weighted by Gasteiger charge is -2.20. The van der Waals surface area contributed by atoms with E-state index < -0.39 is 35.4 Å². The maximum absolute atomic E-state index is 12.4. The number of aryl methyl sites for hydroxylation is 1. The number of hydrogen-bond donors (Lipinski definition) is 2. The summed E-state index contributed by atoms with van der Waals surface area (Å²) in [5, 5.41) is 16.1. The van der Waals surface area contributed by atoms with E-state index in [9.17, 15) is 24.5 Å². The molecule has 0 heterocycles. The Morgan fingerprint density at radius 3 is 2.37 bits per heavy atom. The van der Waals surface area contributed by atoms with Gasteiger partial charge in [0.2, 0.25) is 0 Å². The molecule has 0 aliphatic carbocycles. The monoisotopic (exact) mass is 413 g/mol. The molecule has 2 amide bonds. The van der Waals surface area contributed by atoms with Crippen LogP contribution < -0.4 is 10.6 Å². The van der Waals surface area contributed by atoms with Crippen LogP contribution in [0.1, 0.15) is 29.8 Å². The van der Waals surface area contributed by atoms with Crippen LogP contribution in [-0.4, -0.2) is 35.4 Å². The number of nitrogens with one attached hydrogen (secondary N) is 2. The molecule has 0 radical (unpaired) electrons. The molecule has 0 saturated carbocycles. The van der Waals surface area contributed by atoms with Gasteiger partial charge in [-0.15, -0.1) is 0 Å². The standard InChI is InChI=1S/C21H23N3O6/c1-13(2)19(23-20(26)15-7-5-4-6-8-15)21(27)30-12-18(25)22-16-10-9-14(3)17(11-16)24(28)29/h4-11,13,19H,12H2,1-3H3,(H,22,25)(H,23,26)/t19-/m0/s1. The molecule has 2 rings (SSSR count). The molecule has 0 unspecified atom stereocenters. The number of esters is 1. The van der Waals surface area contributed by atoms with Crippen molar-refractivity contribution in [1.29, 1.82) is 0 Å². The van der Waals surface area contributed by atoms with Gasteiger partial charge >= 0.3 is 5.97 Å². The van der Waals surface area contributed by atoms with Gasteiger partial charge in [-0.05, 0) is 31.0 Å². The third-order valence-corrected chi connectivity index (χ3v) is 4.28. The van der Waals surface area contributed by atoms with Crippen LogP contribution in [0.2, 0.25) is 0 Å². The zero-order chi connectivity index (χ0) is 22.3. The highest BCUT2D eigenvalue weighted by molar-refractivity contribution is 5.97. The summed E-state index contributed by atoms with van der Waals surface area (Å²) >= 11 is 0. The fourth-order valence-electron chi connectivity index (χ4n) is 2.62. The quantitative estimate of drug-likeness (QED) is 0.389. The number of carbonyl (C=O) groups is 3. The molecule has 158 valence electrons. The van der Waals surface area contributed by atoms with Gasteiger partial charge in [-0.25, -0.2) is 4.79 Å². The summed E-state index contributed by atoms with van der Waals surface area (Å²) in [6.07, 6.45) is 0. The normalized spacial score (nSPS) is 11.5. The van der Waals surface area contributed by atoms with Crippen LogP contribution in [0.4, 0.5) is 11.4 Å². The highest BCUT2D eigenvalue weighted by atomic mass is 16.6. The molecule has 2 aromatic rings. The van der Waals surface area contributed by atoms with Crippen molar-refractivity contribution in [2.24, 2.45) is 5.92 Å². The third-order valence-electron chi connectivity index (χ3n) is 4.28. The van der Waals surface area contributed by atoms with Crippen LogP contribution in [0.25, 0.3) is 0 Å². The summed E-state index contributed by atoms with van der Waals surface area (Å²) < 4.78 is 5.04. The molecule has 0 aliphatic rings. The molecule has 0 bridgehead atoms. The molecular weight excluding hydrogens is 390 g/mol. The van der Waals surface area contributed by atoms with Crippen LogP contribution in [0.15, 0.2) is 48.5 Å². The lowest BCUT2D eigenvalue weighted by atomic mass is 10.0. The zero-order valence-corrected chi connectivity index (χ0v) is 16.9. The number of anilines is 1. The van der Waals surface area contributed by atoms with Crippen LogP contribution in [-0.2, 0) is 14.3 Å². The van der Waals surface area contributed by atoms with Gasteiger partial charge in [-0.1, -0.05) is 38.1 Å². The molecule has 9 heteroatoms. The Kier molecular flexibility index (Phi) is 7.62. The number of hydrogen-bond acceptors (Lipinski definition) is 6. The van der Waals surface area contributed by atoms with Gasteiger partial charge in [0.1, 0.15) is 6.04 Å². The number of ether oxygens (including phenoxy) is 1. The lowest BCUT2D eigenvalue weighted by molar-refractivity contribution is -0.385. The predicted molar refractivity (Wildman–Crippen MR) is 110 cm³/mol. The first kappa shape index (κ1) is 22.5. The molecule has 30 heavy (non-hydrogen) atoms. The van der Waals surface area contributed by atoms with E-state index >= 15 is 0 Å². The predicted octanol–water partition coefficient (Wildman–Crippen LogP) is 2.84. The van der Waals surface area contributed by atoms with Gasteiger partial charge in [-0.3, -0.25) is 19.7 Å². The number of nitro benzene ring substituents is 1. The maximum atomic E-state index is 12.4. The highest BCUT2D eigenvalue weighted by Crippen LogP contribution is 2.22. The van der Waals surface area contributed by atoms with Crippen molar-refractivity contribution in [3.63, 3.8) is 0 Å². The number of carbonyl (C=O) groups excluding carboxylic acids is 3. The fourth-order valence-corrected chi connectivity index (χ4v) is 2.62. The Morgan fingerprint density at radius 1 is 1.10 bits per heavy atom. The number of amides is 2. The SMILES string of the molecule is Cc1ccc(NC(=O)COC(=O)[C@@H](NC(=O)c2ccccc2)C(C)C)cc1[N+](=O)[O-]. The number of benzene rings is 2. The van der Waals surface area contributed by atoms with E-state index in [1.54, 1.807) is 51.1 Å². The largest absolute Gasteiger partial charge is 0.454 e. The van der Waals surface area contributed by atoms with Crippen LogP contribution in [0, 0.1) is 23.0 Å². The summed E-state index contributed by atoms with van der Waals surface area (Å²) in [7, 11) is 0. The molecular formula is C21H23N3O6. The second-order valence-electron chi connectivity index (χ2n) is 6.98. The summed E-state index contributed by atoms with van der Waals surface area (Å²) in [4.78, 5) is 47.2. The fraction of sp³-hybridized carbons (Fsp3) is 0.286. The van der Waals surface area contributed by atoms with E-state index in [-0.39, 0.29) is 17.3 Å². The first-order chi connectivity index (χ1) is 14.2. The van der Waals surface area contributed by atoms with Gasteiger partial charge < -0.3 is 15.4 Å². The Morgan fingerprint density at radius 2 is 1.77 bits per heavy atom. The van der Waals surface area contributed by atoms with Gasteiger partial charge in [-0.2, -0.15) is 0 Å². The van der Waals surface area contributed by atoms with E-state index in [0.717, 1.165) is 0 Å². The van der Waals surface area contributed by atoms with Crippen molar-refractivity contribution in [1.82, 2.24) is 5.32 Å². The van der Waals surface area contributed by atoms with Crippen molar-refractivity contribution in [2.45, 2.75) is 26.8 Å².